The van der Waals surface area contributed by atoms with Gasteiger partial charge in [0.25, 0.3) is 0 Å². The van der Waals surface area contributed by atoms with Crippen LogP contribution in [0, 0.1) is 0 Å². The molecular formula is C7H3Br2O. The molecule has 0 bridgehead atoms. The normalized spacial score (nSPS) is 9.40. The molecule has 51 valence electrons. The summed E-state index contributed by atoms with van der Waals surface area (Å²) in [5, 5.41) is 0. The average Bonchev–Trinajstić information content (AvgIpc) is 1.94. The van der Waals surface area contributed by atoms with E-state index >= 15 is 0 Å². The molecule has 0 saturated heterocycles. The largest absolute Gasteiger partial charge is 0.285 e. The maximum Gasteiger partial charge on any atom is 0.234 e. The summed E-state index contributed by atoms with van der Waals surface area (Å²) >= 11 is 6.44. The van der Waals surface area contributed by atoms with Gasteiger partial charge >= 0.3 is 0 Å². The molecule has 1 nitrogen and oxygen atoms in total. The molecule has 1 aromatic carbocycles. The van der Waals surface area contributed by atoms with Crippen molar-refractivity contribution in [2.75, 3.05) is 0 Å². The summed E-state index contributed by atoms with van der Waals surface area (Å²) < 4.78 is 1.65. The van der Waals surface area contributed by atoms with Crippen molar-refractivity contribution in [1.29, 1.82) is 0 Å². The molecule has 0 fully saturated rings. The Balaban J connectivity index is 3.21. The van der Waals surface area contributed by atoms with Gasteiger partial charge in [-0.1, -0.05) is 31.9 Å². The van der Waals surface area contributed by atoms with Gasteiger partial charge in [-0.2, -0.15) is 0 Å². The fraction of sp³-hybridized carbons (Fsp3) is 0. The first-order valence-corrected chi connectivity index (χ1v) is 4.16. The molecule has 0 aromatic heterocycles. The molecule has 0 aliphatic heterocycles. The van der Waals surface area contributed by atoms with Gasteiger partial charge in [-0.15, -0.1) is 0 Å². The van der Waals surface area contributed by atoms with E-state index in [9.17, 15) is 4.79 Å². The third-order valence-corrected chi connectivity index (χ3v) is 2.22. The number of hydrogen-bond donors (Lipinski definition) is 0. The quantitative estimate of drug-likeness (QED) is 0.761. The molecule has 0 saturated carbocycles. The van der Waals surface area contributed by atoms with Gasteiger partial charge in [0.15, 0.2) is 0 Å². The molecule has 0 N–H and O–H groups in total. The van der Waals surface area contributed by atoms with Gasteiger partial charge in [0.1, 0.15) is 0 Å². The molecule has 0 aliphatic rings. The Morgan fingerprint density at radius 1 is 1.30 bits per heavy atom. The van der Waals surface area contributed by atoms with Crippen LogP contribution in [0.25, 0.3) is 0 Å². The summed E-state index contributed by atoms with van der Waals surface area (Å²) in [6.45, 7) is 0. The summed E-state index contributed by atoms with van der Waals surface area (Å²) in [6, 6.07) is 5.35. The van der Waals surface area contributed by atoms with Gasteiger partial charge in [0.2, 0.25) is 6.29 Å². The van der Waals surface area contributed by atoms with Crippen molar-refractivity contribution in [1.82, 2.24) is 0 Å². The molecule has 1 rings (SSSR count). The number of rotatable bonds is 1. The van der Waals surface area contributed by atoms with Crippen LogP contribution in [0.1, 0.15) is 5.56 Å². The molecular weight excluding hydrogens is 260 g/mol. The van der Waals surface area contributed by atoms with E-state index in [0.717, 1.165) is 8.95 Å². The van der Waals surface area contributed by atoms with Crippen molar-refractivity contribution in [3.63, 3.8) is 0 Å². The van der Waals surface area contributed by atoms with Crippen molar-refractivity contribution in [2.24, 2.45) is 0 Å². The highest BCUT2D eigenvalue weighted by molar-refractivity contribution is 9.11. The van der Waals surface area contributed by atoms with Crippen LogP contribution in [0.15, 0.2) is 27.1 Å². The minimum absolute atomic E-state index is 0.536. The monoisotopic (exact) mass is 261 g/mol. The topological polar surface area (TPSA) is 17.1 Å². The third kappa shape index (κ3) is 1.67. The minimum Gasteiger partial charge on any atom is -0.285 e. The highest BCUT2D eigenvalue weighted by Crippen LogP contribution is 2.19. The lowest BCUT2D eigenvalue weighted by atomic mass is 10.2. The van der Waals surface area contributed by atoms with E-state index in [-0.39, 0.29) is 0 Å². The minimum atomic E-state index is 0.536. The second-order valence-electron chi connectivity index (χ2n) is 1.73. The van der Waals surface area contributed by atoms with Crippen LogP contribution in [0.2, 0.25) is 0 Å². The Hall–Kier alpha value is -0.150. The predicted octanol–water partition coefficient (Wildman–Crippen LogP) is 2.67. The Morgan fingerprint density at radius 2 is 2.00 bits per heavy atom. The number of carbonyl (C=O) groups excluding carboxylic acids is 1. The maximum atomic E-state index is 10.2. The lowest BCUT2D eigenvalue weighted by Crippen LogP contribution is -1.80. The van der Waals surface area contributed by atoms with Crippen LogP contribution < -0.4 is 0 Å². The van der Waals surface area contributed by atoms with Crippen LogP contribution in [-0.4, -0.2) is 6.29 Å². The molecule has 10 heavy (non-hydrogen) atoms. The number of hydrogen-bond acceptors (Lipinski definition) is 1. The Bertz CT molecular complexity index is 258. The number of benzene rings is 1. The van der Waals surface area contributed by atoms with Crippen LogP contribution in [0.3, 0.4) is 0 Å². The van der Waals surface area contributed by atoms with Crippen LogP contribution in [0.4, 0.5) is 0 Å². The van der Waals surface area contributed by atoms with E-state index in [1.807, 2.05) is 12.4 Å². The van der Waals surface area contributed by atoms with E-state index in [1.54, 1.807) is 12.1 Å². The lowest BCUT2D eigenvalue weighted by Gasteiger charge is -1.93. The Kier molecular flexibility index (Phi) is 2.63. The summed E-state index contributed by atoms with van der Waals surface area (Å²) in [4.78, 5) is 10.2. The first kappa shape index (κ1) is 7.95. The van der Waals surface area contributed by atoms with Crippen molar-refractivity contribution in [3.8, 4) is 0 Å². The standard InChI is InChI=1S/C7H3Br2O/c8-6-1-2-7(9)5(3-6)4-10/h1-3H. The molecule has 0 heterocycles. The Labute approximate surface area is 75.7 Å². The summed E-state index contributed by atoms with van der Waals surface area (Å²) in [5.74, 6) is 0. The highest BCUT2D eigenvalue weighted by Gasteiger charge is 1.97. The number of halogens is 2. The molecule has 0 atom stereocenters. The molecule has 0 unspecified atom stereocenters. The predicted molar refractivity (Wildman–Crippen MR) is 46.6 cm³/mol. The zero-order valence-electron chi connectivity index (χ0n) is 4.90. The van der Waals surface area contributed by atoms with Gasteiger partial charge < -0.3 is 0 Å². The molecule has 3 heteroatoms. The highest BCUT2D eigenvalue weighted by atomic mass is 79.9. The van der Waals surface area contributed by atoms with Crippen molar-refractivity contribution < 1.29 is 4.79 Å². The van der Waals surface area contributed by atoms with Crippen LogP contribution in [0.5, 0.6) is 0 Å². The summed E-state index contributed by atoms with van der Waals surface area (Å²) in [5.41, 5.74) is 0.536. The van der Waals surface area contributed by atoms with E-state index in [4.69, 9.17) is 0 Å². The second kappa shape index (κ2) is 3.30. The van der Waals surface area contributed by atoms with E-state index in [1.165, 1.54) is 0 Å². The zero-order valence-corrected chi connectivity index (χ0v) is 8.07. The first-order valence-electron chi connectivity index (χ1n) is 2.57. The Morgan fingerprint density at radius 3 is 2.50 bits per heavy atom. The fourth-order valence-corrected chi connectivity index (χ4v) is 1.26. The SMILES string of the molecule is O=[C]c1cc(Br)ccc1Br. The van der Waals surface area contributed by atoms with Crippen molar-refractivity contribution in [2.45, 2.75) is 0 Å². The third-order valence-electron chi connectivity index (χ3n) is 1.04. The molecule has 1 radical (unpaired) electrons. The van der Waals surface area contributed by atoms with Gasteiger partial charge in [0.05, 0.1) is 0 Å². The molecule has 0 spiro atoms. The van der Waals surface area contributed by atoms with E-state index < -0.39 is 0 Å². The van der Waals surface area contributed by atoms with Crippen LogP contribution in [-0.2, 0) is 4.79 Å². The average molecular weight is 263 g/mol. The lowest BCUT2D eigenvalue weighted by molar-refractivity contribution is 0.562. The van der Waals surface area contributed by atoms with Crippen molar-refractivity contribution >= 4 is 38.1 Å². The maximum absolute atomic E-state index is 10.2. The molecule has 0 amide bonds. The fourth-order valence-electron chi connectivity index (χ4n) is 0.576. The van der Waals surface area contributed by atoms with Crippen LogP contribution >= 0.6 is 31.9 Å². The van der Waals surface area contributed by atoms with E-state index in [2.05, 4.69) is 31.9 Å². The van der Waals surface area contributed by atoms with Crippen molar-refractivity contribution in [3.05, 3.63) is 32.7 Å². The van der Waals surface area contributed by atoms with Gasteiger partial charge in [-0.05, 0) is 18.2 Å². The van der Waals surface area contributed by atoms with Gasteiger partial charge in [-0.25, -0.2) is 0 Å². The summed E-state index contributed by atoms with van der Waals surface area (Å²) in [6.07, 6.45) is 1.81. The second-order valence-corrected chi connectivity index (χ2v) is 3.50. The van der Waals surface area contributed by atoms with Gasteiger partial charge in [-0.3, -0.25) is 4.79 Å². The summed E-state index contributed by atoms with van der Waals surface area (Å²) in [7, 11) is 0. The zero-order chi connectivity index (χ0) is 7.56. The molecule has 1 aromatic rings. The molecule has 0 aliphatic carbocycles. The first-order chi connectivity index (χ1) is 4.74. The smallest absolute Gasteiger partial charge is 0.234 e. The van der Waals surface area contributed by atoms with Gasteiger partial charge in [0, 0.05) is 14.5 Å². The van der Waals surface area contributed by atoms with E-state index in [0.29, 0.717) is 5.56 Å².